The molecule has 6 nitrogen and oxygen atoms in total. The highest BCUT2D eigenvalue weighted by atomic mass is 16.5. The Labute approximate surface area is 209 Å². The van der Waals surface area contributed by atoms with Crippen molar-refractivity contribution in [2.45, 2.75) is 89.9 Å². The lowest BCUT2D eigenvalue weighted by atomic mass is 9.68. The van der Waals surface area contributed by atoms with Crippen LogP contribution in [0, 0.1) is 16.7 Å². The summed E-state index contributed by atoms with van der Waals surface area (Å²) in [5.41, 5.74) is 5.05. The summed E-state index contributed by atoms with van der Waals surface area (Å²) in [5, 5.41) is 9.08. The summed E-state index contributed by atoms with van der Waals surface area (Å²) < 4.78 is 5.37. The fraction of sp³-hybridized carbons (Fsp3) is 0.586. The maximum Gasteiger partial charge on any atom is 0.202 e. The summed E-state index contributed by atoms with van der Waals surface area (Å²) in [6.45, 7) is 5.39. The fourth-order valence-electron chi connectivity index (χ4n) is 5.69. The van der Waals surface area contributed by atoms with E-state index in [1.165, 1.54) is 36.7 Å². The number of allylic oxidation sites excluding steroid dienone is 2. The van der Waals surface area contributed by atoms with E-state index in [1.54, 1.807) is 7.11 Å². The molecule has 0 unspecified atom stereocenters. The van der Waals surface area contributed by atoms with Gasteiger partial charge in [0.2, 0.25) is 5.78 Å². The number of carbonyl (C=O) groups excluding carboxylic acids is 1. The van der Waals surface area contributed by atoms with E-state index < -0.39 is 0 Å². The van der Waals surface area contributed by atoms with Gasteiger partial charge in [0.25, 0.3) is 0 Å². The number of ketones is 1. The topological polar surface area (TPSA) is 91.7 Å². The fourth-order valence-corrected chi connectivity index (χ4v) is 5.69. The summed E-state index contributed by atoms with van der Waals surface area (Å²) in [6.07, 6.45) is 15.3. The SMILES string of the molecule is COCCCC1(c2ccc(CC(=O)c3ncc(C#N)[nH]3)c(C3=CCC(C)(C)CC3)n2)CCCCC1. The first kappa shape index (κ1) is 25.3. The minimum atomic E-state index is -0.119. The molecule has 2 aromatic rings. The lowest BCUT2D eigenvalue weighted by molar-refractivity contribution is 0.0983. The number of H-pyrrole nitrogens is 1. The van der Waals surface area contributed by atoms with Gasteiger partial charge in [-0.1, -0.05) is 45.3 Å². The van der Waals surface area contributed by atoms with E-state index in [2.05, 4.69) is 42.0 Å². The molecule has 1 fully saturated rings. The van der Waals surface area contributed by atoms with Crippen molar-refractivity contribution in [3.8, 4) is 6.07 Å². The number of imidazole rings is 1. The average molecular weight is 475 g/mol. The molecule has 0 amide bonds. The number of nitriles is 1. The average Bonchev–Trinajstić information content (AvgIpc) is 3.35. The third-order valence-corrected chi connectivity index (χ3v) is 7.92. The number of nitrogens with zero attached hydrogens (tertiary/aromatic N) is 3. The Morgan fingerprint density at radius 2 is 2.00 bits per heavy atom. The van der Waals surface area contributed by atoms with Crippen LogP contribution in [0.5, 0.6) is 0 Å². The van der Waals surface area contributed by atoms with Gasteiger partial charge < -0.3 is 9.72 Å². The Bertz CT molecular complexity index is 1120. The second-order valence-electron chi connectivity index (χ2n) is 11.1. The molecule has 0 atom stereocenters. The van der Waals surface area contributed by atoms with Gasteiger partial charge in [-0.15, -0.1) is 0 Å². The summed E-state index contributed by atoms with van der Waals surface area (Å²) in [5.74, 6) is 0.116. The molecule has 0 radical (unpaired) electrons. The standard InChI is InChI=1S/C29H38N4O2/c1-28(2)15-10-21(11-16-28)26-22(18-24(34)27-31-20-23(19-30)32-27)8-9-25(33-26)29(14-7-17-35-3)12-5-4-6-13-29/h8-10,20H,4-7,11-18H2,1-3H3,(H,31,32). The van der Waals surface area contributed by atoms with E-state index in [0.717, 1.165) is 62.8 Å². The van der Waals surface area contributed by atoms with Crippen LogP contribution in [0.2, 0.25) is 0 Å². The van der Waals surface area contributed by atoms with Crippen LogP contribution in [0.25, 0.3) is 5.57 Å². The number of hydrogen-bond acceptors (Lipinski definition) is 5. The maximum absolute atomic E-state index is 13.0. The van der Waals surface area contributed by atoms with Gasteiger partial charge in [0.05, 0.1) is 11.9 Å². The van der Waals surface area contributed by atoms with Crippen molar-refractivity contribution in [3.05, 3.63) is 52.9 Å². The van der Waals surface area contributed by atoms with Gasteiger partial charge in [0.15, 0.2) is 5.82 Å². The van der Waals surface area contributed by atoms with E-state index in [0.29, 0.717) is 11.1 Å². The van der Waals surface area contributed by atoms with Crippen LogP contribution in [0.1, 0.15) is 111 Å². The highest BCUT2D eigenvalue weighted by molar-refractivity contribution is 5.95. The Balaban J connectivity index is 1.70. The number of aromatic amines is 1. The second kappa shape index (κ2) is 10.9. The maximum atomic E-state index is 13.0. The van der Waals surface area contributed by atoms with Crippen molar-refractivity contribution in [1.29, 1.82) is 5.26 Å². The zero-order chi connectivity index (χ0) is 24.9. The number of ether oxygens (including phenoxy) is 1. The highest BCUT2D eigenvalue weighted by Crippen LogP contribution is 2.44. The smallest absolute Gasteiger partial charge is 0.202 e. The molecule has 6 heteroatoms. The summed E-state index contributed by atoms with van der Waals surface area (Å²) >= 11 is 0. The van der Waals surface area contributed by atoms with Gasteiger partial charge in [-0.25, -0.2) is 4.98 Å². The minimum absolute atomic E-state index is 0.0886. The molecule has 4 rings (SSSR count). The van der Waals surface area contributed by atoms with Gasteiger partial charge in [-0.2, -0.15) is 5.26 Å². The van der Waals surface area contributed by atoms with E-state index in [1.807, 2.05) is 6.07 Å². The minimum Gasteiger partial charge on any atom is -0.385 e. The van der Waals surface area contributed by atoms with Crippen molar-refractivity contribution in [3.63, 3.8) is 0 Å². The monoisotopic (exact) mass is 474 g/mol. The number of hydrogen-bond donors (Lipinski definition) is 1. The van der Waals surface area contributed by atoms with Crippen molar-refractivity contribution >= 4 is 11.4 Å². The third-order valence-electron chi connectivity index (χ3n) is 7.92. The van der Waals surface area contributed by atoms with E-state index in [4.69, 9.17) is 15.0 Å². The number of rotatable bonds is 9. The molecular weight excluding hydrogens is 436 g/mol. The Morgan fingerprint density at radius 3 is 2.66 bits per heavy atom. The summed E-state index contributed by atoms with van der Waals surface area (Å²) in [7, 11) is 1.77. The van der Waals surface area contributed by atoms with Gasteiger partial charge in [0.1, 0.15) is 11.8 Å². The largest absolute Gasteiger partial charge is 0.385 e. The van der Waals surface area contributed by atoms with Gasteiger partial charge in [-0.05, 0) is 67.6 Å². The van der Waals surface area contributed by atoms with Crippen molar-refractivity contribution in [2.75, 3.05) is 13.7 Å². The van der Waals surface area contributed by atoms with Crippen LogP contribution in [-0.2, 0) is 16.6 Å². The molecule has 0 aliphatic heterocycles. The van der Waals surface area contributed by atoms with Crippen LogP contribution >= 0.6 is 0 Å². The zero-order valence-corrected chi connectivity index (χ0v) is 21.5. The van der Waals surface area contributed by atoms with Crippen LogP contribution in [0.4, 0.5) is 0 Å². The molecule has 1 saturated carbocycles. The van der Waals surface area contributed by atoms with Gasteiger partial charge >= 0.3 is 0 Å². The predicted octanol–water partition coefficient (Wildman–Crippen LogP) is 6.32. The first-order chi connectivity index (χ1) is 16.9. The van der Waals surface area contributed by atoms with Crippen LogP contribution in [0.3, 0.4) is 0 Å². The quantitative estimate of drug-likeness (QED) is 0.339. The normalized spacial score (nSPS) is 19.1. The summed E-state index contributed by atoms with van der Waals surface area (Å²) in [4.78, 5) is 25.3. The van der Waals surface area contributed by atoms with Crippen LogP contribution < -0.4 is 0 Å². The van der Waals surface area contributed by atoms with Crippen molar-refractivity contribution in [1.82, 2.24) is 15.0 Å². The van der Waals surface area contributed by atoms with E-state index in [-0.39, 0.29) is 23.4 Å². The molecule has 0 aromatic carbocycles. The molecule has 1 N–H and O–H groups in total. The molecule has 2 aliphatic rings. The molecule has 186 valence electrons. The van der Waals surface area contributed by atoms with Crippen molar-refractivity contribution < 1.29 is 9.53 Å². The van der Waals surface area contributed by atoms with E-state index in [9.17, 15) is 4.79 Å². The molecular formula is C29H38N4O2. The van der Waals surface area contributed by atoms with Gasteiger partial charge in [-0.3, -0.25) is 9.78 Å². The lowest BCUT2D eigenvalue weighted by Crippen LogP contribution is -2.31. The molecule has 0 spiro atoms. The Hall–Kier alpha value is -2.78. The lowest BCUT2D eigenvalue weighted by Gasteiger charge is -2.38. The molecule has 2 aliphatic carbocycles. The van der Waals surface area contributed by atoms with Gasteiger partial charge in [0, 0.05) is 31.2 Å². The molecule has 0 bridgehead atoms. The third kappa shape index (κ3) is 5.90. The number of carbonyl (C=O) groups is 1. The number of methoxy groups -OCH3 is 1. The highest BCUT2D eigenvalue weighted by Gasteiger charge is 2.36. The first-order valence-corrected chi connectivity index (χ1v) is 13.0. The first-order valence-electron chi connectivity index (χ1n) is 13.0. The molecule has 2 aromatic heterocycles. The van der Waals surface area contributed by atoms with Crippen LogP contribution in [-0.4, -0.2) is 34.5 Å². The van der Waals surface area contributed by atoms with Crippen molar-refractivity contribution in [2.24, 2.45) is 5.41 Å². The number of pyridine rings is 1. The zero-order valence-electron chi connectivity index (χ0n) is 21.5. The Morgan fingerprint density at radius 1 is 1.20 bits per heavy atom. The van der Waals surface area contributed by atoms with Crippen LogP contribution in [0.15, 0.2) is 24.4 Å². The molecule has 35 heavy (non-hydrogen) atoms. The molecule has 2 heterocycles. The Kier molecular flexibility index (Phi) is 7.86. The van der Waals surface area contributed by atoms with E-state index >= 15 is 0 Å². The second-order valence-corrected chi connectivity index (χ2v) is 11.1. The molecule has 0 saturated heterocycles. The number of aromatic nitrogens is 3. The number of Topliss-reactive ketones (excluding diaryl/α,β-unsaturated/α-hetero) is 1. The predicted molar refractivity (Wildman–Crippen MR) is 137 cm³/mol. The summed E-state index contributed by atoms with van der Waals surface area (Å²) in [6, 6.07) is 6.29. The number of nitrogens with one attached hydrogen (secondary N) is 1.